The number of aryl methyl sites for hydroxylation is 1. The van der Waals surface area contributed by atoms with Gasteiger partial charge in [-0.25, -0.2) is 9.97 Å². The van der Waals surface area contributed by atoms with Crippen LogP contribution in [0.2, 0.25) is 0 Å². The number of thiazole rings is 1. The van der Waals surface area contributed by atoms with Crippen LogP contribution in [0.1, 0.15) is 24.6 Å². The third-order valence-corrected chi connectivity index (χ3v) is 4.88. The van der Waals surface area contributed by atoms with Crippen LogP contribution in [0.5, 0.6) is 0 Å². The molecule has 0 bridgehead atoms. The topological polar surface area (TPSA) is 70.2 Å². The minimum Gasteiger partial charge on any atom is -0.370 e. The third-order valence-electron chi connectivity index (χ3n) is 4.08. The Balaban J connectivity index is 1.45. The van der Waals surface area contributed by atoms with Gasteiger partial charge in [0, 0.05) is 38.1 Å². The Hall–Kier alpha value is -1.99. The summed E-state index contributed by atoms with van der Waals surface area (Å²) in [6.45, 7) is 7.51. The van der Waals surface area contributed by atoms with Crippen molar-refractivity contribution >= 4 is 28.2 Å². The molecule has 0 aromatic carbocycles. The Bertz CT molecular complexity index is 702. The molecule has 24 heavy (non-hydrogen) atoms. The molecule has 1 aliphatic heterocycles. The van der Waals surface area contributed by atoms with Gasteiger partial charge >= 0.3 is 0 Å². The standard InChI is InChI=1S/C17H23N5OS/c1-12-3-5-18-16(7-12)19-8-14-4-6-22(9-14)10-15-11-24-17(21-15)20-13(2)23/h3,5,7,11,14H,4,6,8-10H2,1-2H3,(H,18,19)(H,20,21,23)/t14-/m1/s1. The largest absolute Gasteiger partial charge is 0.370 e. The van der Waals surface area contributed by atoms with Crippen molar-refractivity contribution in [3.05, 3.63) is 35.0 Å². The quantitative estimate of drug-likeness (QED) is 0.842. The molecule has 1 atom stereocenters. The molecule has 7 heteroatoms. The lowest BCUT2D eigenvalue weighted by atomic mass is 10.1. The number of hydrogen-bond acceptors (Lipinski definition) is 6. The van der Waals surface area contributed by atoms with E-state index < -0.39 is 0 Å². The molecule has 0 spiro atoms. The highest BCUT2D eigenvalue weighted by Gasteiger charge is 2.23. The van der Waals surface area contributed by atoms with Crippen molar-refractivity contribution in [2.24, 2.45) is 5.92 Å². The first kappa shape index (κ1) is 16.9. The maximum atomic E-state index is 11.1. The van der Waals surface area contributed by atoms with Gasteiger partial charge in [0.1, 0.15) is 5.82 Å². The van der Waals surface area contributed by atoms with Crippen molar-refractivity contribution < 1.29 is 4.79 Å². The van der Waals surface area contributed by atoms with E-state index >= 15 is 0 Å². The number of aromatic nitrogens is 2. The average molecular weight is 345 g/mol. The number of nitrogens with zero attached hydrogens (tertiary/aromatic N) is 3. The number of nitrogens with one attached hydrogen (secondary N) is 2. The lowest BCUT2D eigenvalue weighted by Crippen LogP contribution is -2.23. The molecular weight excluding hydrogens is 322 g/mol. The minimum atomic E-state index is -0.0760. The van der Waals surface area contributed by atoms with Crippen molar-refractivity contribution in [3.63, 3.8) is 0 Å². The van der Waals surface area contributed by atoms with E-state index in [4.69, 9.17) is 0 Å². The Morgan fingerprint density at radius 3 is 3.17 bits per heavy atom. The van der Waals surface area contributed by atoms with Crippen molar-refractivity contribution in [1.82, 2.24) is 14.9 Å². The predicted molar refractivity (Wildman–Crippen MR) is 97.3 cm³/mol. The number of rotatable bonds is 6. The van der Waals surface area contributed by atoms with Crippen LogP contribution in [0.25, 0.3) is 0 Å². The normalized spacial score (nSPS) is 17.8. The molecule has 1 amide bonds. The molecule has 1 aliphatic rings. The second-order valence-electron chi connectivity index (χ2n) is 6.31. The van der Waals surface area contributed by atoms with Gasteiger partial charge in [0.15, 0.2) is 5.13 Å². The lowest BCUT2D eigenvalue weighted by molar-refractivity contribution is -0.114. The van der Waals surface area contributed by atoms with E-state index in [0.29, 0.717) is 11.0 Å². The zero-order valence-electron chi connectivity index (χ0n) is 14.1. The molecule has 0 unspecified atom stereocenters. The first-order chi connectivity index (χ1) is 11.6. The number of hydrogen-bond donors (Lipinski definition) is 2. The van der Waals surface area contributed by atoms with Gasteiger partial charge in [-0.3, -0.25) is 9.69 Å². The Morgan fingerprint density at radius 2 is 2.38 bits per heavy atom. The summed E-state index contributed by atoms with van der Waals surface area (Å²) in [6, 6.07) is 4.08. The van der Waals surface area contributed by atoms with Crippen molar-refractivity contribution in [2.75, 3.05) is 30.3 Å². The highest BCUT2D eigenvalue weighted by Crippen LogP contribution is 2.22. The van der Waals surface area contributed by atoms with Crippen molar-refractivity contribution in [2.45, 2.75) is 26.8 Å². The van der Waals surface area contributed by atoms with E-state index in [1.54, 1.807) is 0 Å². The summed E-state index contributed by atoms with van der Waals surface area (Å²) in [4.78, 5) is 22.3. The summed E-state index contributed by atoms with van der Waals surface area (Å²) in [5.74, 6) is 1.50. The first-order valence-corrected chi connectivity index (χ1v) is 9.07. The molecule has 3 heterocycles. The maximum Gasteiger partial charge on any atom is 0.223 e. The fraction of sp³-hybridized carbons (Fsp3) is 0.471. The molecule has 0 saturated carbocycles. The summed E-state index contributed by atoms with van der Waals surface area (Å²) in [7, 11) is 0. The number of anilines is 2. The number of carbonyl (C=O) groups is 1. The van der Waals surface area contributed by atoms with Gasteiger partial charge in [-0.1, -0.05) is 0 Å². The lowest BCUT2D eigenvalue weighted by Gasteiger charge is -2.15. The van der Waals surface area contributed by atoms with Crippen LogP contribution in [0.4, 0.5) is 10.9 Å². The first-order valence-electron chi connectivity index (χ1n) is 8.19. The molecule has 1 saturated heterocycles. The minimum absolute atomic E-state index is 0.0760. The Kier molecular flexibility index (Phi) is 5.42. The number of likely N-dealkylation sites (tertiary alicyclic amines) is 1. The molecule has 3 rings (SSSR count). The average Bonchev–Trinajstić information content (AvgIpc) is 3.15. The van der Waals surface area contributed by atoms with Crippen LogP contribution in [0, 0.1) is 12.8 Å². The second-order valence-corrected chi connectivity index (χ2v) is 7.17. The highest BCUT2D eigenvalue weighted by molar-refractivity contribution is 7.13. The highest BCUT2D eigenvalue weighted by atomic mass is 32.1. The summed E-state index contributed by atoms with van der Waals surface area (Å²) < 4.78 is 0. The molecule has 0 radical (unpaired) electrons. The Labute approximate surface area is 146 Å². The fourth-order valence-corrected chi connectivity index (χ4v) is 3.67. The SMILES string of the molecule is CC(=O)Nc1nc(CN2CC[C@H](CNc3cc(C)ccn3)C2)cs1. The van der Waals surface area contributed by atoms with E-state index in [0.717, 1.165) is 37.7 Å². The molecule has 2 N–H and O–H groups in total. The zero-order chi connectivity index (χ0) is 16.9. The number of amides is 1. The molecule has 2 aromatic rings. The van der Waals surface area contributed by atoms with Gasteiger partial charge < -0.3 is 10.6 Å². The fourth-order valence-electron chi connectivity index (χ4n) is 2.92. The summed E-state index contributed by atoms with van der Waals surface area (Å²) in [5, 5.41) is 8.88. The van der Waals surface area contributed by atoms with Crippen LogP contribution in [0.3, 0.4) is 0 Å². The van der Waals surface area contributed by atoms with Gasteiger partial charge in [0.2, 0.25) is 5.91 Å². The van der Waals surface area contributed by atoms with E-state index in [9.17, 15) is 4.79 Å². The molecule has 128 valence electrons. The van der Waals surface area contributed by atoms with Gasteiger partial charge in [-0.2, -0.15) is 0 Å². The van der Waals surface area contributed by atoms with Crippen LogP contribution >= 0.6 is 11.3 Å². The molecular formula is C17H23N5OS. The van der Waals surface area contributed by atoms with Gasteiger partial charge in [0.25, 0.3) is 0 Å². The third kappa shape index (κ3) is 4.75. The van der Waals surface area contributed by atoms with E-state index in [1.165, 1.54) is 30.2 Å². The zero-order valence-corrected chi connectivity index (χ0v) is 14.9. The predicted octanol–water partition coefficient (Wildman–Crippen LogP) is 2.74. The number of carbonyl (C=O) groups excluding carboxylic acids is 1. The van der Waals surface area contributed by atoms with Crippen LogP contribution in [-0.4, -0.2) is 40.4 Å². The van der Waals surface area contributed by atoms with Gasteiger partial charge in [-0.05, 0) is 43.5 Å². The van der Waals surface area contributed by atoms with Gasteiger partial charge in [-0.15, -0.1) is 11.3 Å². The molecule has 0 aliphatic carbocycles. The van der Waals surface area contributed by atoms with Crippen molar-refractivity contribution in [3.8, 4) is 0 Å². The molecule has 1 fully saturated rings. The van der Waals surface area contributed by atoms with E-state index in [1.807, 2.05) is 17.6 Å². The van der Waals surface area contributed by atoms with Gasteiger partial charge in [0.05, 0.1) is 5.69 Å². The smallest absolute Gasteiger partial charge is 0.223 e. The summed E-state index contributed by atoms with van der Waals surface area (Å²) >= 11 is 1.48. The Morgan fingerprint density at radius 1 is 1.50 bits per heavy atom. The van der Waals surface area contributed by atoms with E-state index in [-0.39, 0.29) is 5.91 Å². The van der Waals surface area contributed by atoms with Crippen LogP contribution in [-0.2, 0) is 11.3 Å². The van der Waals surface area contributed by atoms with Crippen LogP contribution in [0.15, 0.2) is 23.7 Å². The molecule has 2 aromatic heterocycles. The maximum absolute atomic E-state index is 11.1. The molecule has 6 nitrogen and oxygen atoms in total. The summed E-state index contributed by atoms with van der Waals surface area (Å²) in [6.07, 6.45) is 3.02. The van der Waals surface area contributed by atoms with E-state index in [2.05, 4.69) is 38.5 Å². The number of pyridine rings is 1. The second kappa shape index (κ2) is 7.72. The van der Waals surface area contributed by atoms with Crippen molar-refractivity contribution in [1.29, 1.82) is 0 Å². The van der Waals surface area contributed by atoms with Crippen LogP contribution < -0.4 is 10.6 Å². The summed E-state index contributed by atoms with van der Waals surface area (Å²) in [5.41, 5.74) is 2.25. The monoisotopic (exact) mass is 345 g/mol.